The van der Waals surface area contributed by atoms with Crippen LogP contribution in [0.2, 0.25) is 5.02 Å². The number of allylic oxidation sites excluding steroid dienone is 3. The molecule has 1 aromatic carbocycles. The standard InChI is InChI=1S/C25H32ClN2O9P/c26-24-19-14-18(27-37-16-22(30)28-11-7-5-8-12-28)10-6-3-1-2-4-9-13-35-25(31)23(19)21(15-20(24)29)36-17-38(32,33)34/h2,4,6,10,14-15,27,29H,1,3,5,7-9,11-13,16-17H2,(H2,32,33,34)/b4-2?,10-6+,18-14-. The second-order valence-electron chi connectivity index (χ2n) is 8.74. The molecule has 1 saturated heterocycles. The number of likely N-dealkylation sites (tertiary alicyclic amines) is 1. The maximum Gasteiger partial charge on any atom is 0.362 e. The van der Waals surface area contributed by atoms with E-state index in [2.05, 4.69) is 5.48 Å². The Balaban J connectivity index is 1.96. The van der Waals surface area contributed by atoms with E-state index < -0.39 is 25.7 Å². The first kappa shape index (κ1) is 29.7. The number of esters is 1. The van der Waals surface area contributed by atoms with Gasteiger partial charge >= 0.3 is 13.6 Å². The lowest BCUT2D eigenvalue weighted by Gasteiger charge is -2.26. The van der Waals surface area contributed by atoms with Crippen molar-refractivity contribution in [2.75, 3.05) is 32.7 Å². The molecule has 11 nitrogen and oxygen atoms in total. The fourth-order valence-electron chi connectivity index (χ4n) is 3.87. The van der Waals surface area contributed by atoms with Gasteiger partial charge in [-0.3, -0.25) is 19.7 Å². The molecule has 208 valence electrons. The number of hydroxylamine groups is 1. The summed E-state index contributed by atoms with van der Waals surface area (Å²) in [6.07, 6.45) is 12.6. The van der Waals surface area contributed by atoms with Gasteiger partial charge in [0.25, 0.3) is 5.91 Å². The number of hydrogen-bond donors (Lipinski definition) is 4. The number of cyclic esters (lactones) is 1. The van der Waals surface area contributed by atoms with Crippen molar-refractivity contribution in [1.82, 2.24) is 10.4 Å². The summed E-state index contributed by atoms with van der Waals surface area (Å²) in [5.74, 6) is -1.84. The molecule has 1 fully saturated rings. The number of halogens is 1. The van der Waals surface area contributed by atoms with Crippen LogP contribution in [0.3, 0.4) is 0 Å². The van der Waals surface area contributed by atoms with E-state index >= 15 is 0 Å². The Hall–Kier alpha value is -2.82. The summed E-state index contributed by atoms with van der Waals surface area (Å²) in [4.78, 5) is 51.2. The number of nitrogens with one attached hydrogen (secondary N) is 1. The average molecular weight is 571 g/mol. The van der Waals surface area contributed by atoms with Gasteiger partial charge in [-0.25, -0.2) is 4.79 Å². The van der Waals surface area contributed by atoms with E-state index in [1.165, 1.54) is 6.08 Å². The van der Waals surface area contributed by atoms with Gasteiger partial charge in [-0.1, -0.05) is 29.8 Å². The second-order valence-corrected chi connectivity index (χ2v) is 10.7. The van der Waals surface area contributed by atoms with Gasteiger partial charge in [-0.05, 0) is 50.7 Å². The number of rotatable bonds is 7. The molecule has 1 aromatic rings. The largest absolute Gasteiger partial charge is 0.506 e. The summed E-state index contributed by atoms with van der Waals surface area (Å²) in [6.45, 7) is 1.17. The van der Waals surface area contributed by atoms with Gasteiger partial charge in [-0.2, -0.15) is 0 Å². The minimum absolute atomic E-state index is 0.0249. The molecule has 38 heavy (non-hydrogen) atoms. The lowest BCUT2D eigenvalue weighted by atomic mass is 10.0. The first-order valence-corrected chi connectivity index (χ1v) is 14.4. The second kappa shape index (κ2) is 14.4. The van der Waals surface area contributed by atoms with Gasteiger partial charge in [0.15, 0.2) is 13.0 Å². The molecule has 4 N–H and O–H groups in total. The van der Waals surface area contributed by atoms with E-state index in [0.29, 0.717) is 31.6 Å². The van der Waals surface area contributed by atoms with Crippen LogP contribution < -0.4 is 10.2 Å². The summed E-state index contributed by atoms with van der Waals surface area (Å²) in [7, 11) is -4.61. The Morgan fingerprint density at radius 3 is 2.58 bits per heavy atom. The maximum absolute atomic E-state index is 13.1. The fraction of sp³-hybridized carbons (Fsp3) is 0.440. The normalized spacial score (nSPS) is 19.4. The zero-order valence-corrected chi connectivity index (χ0v) is 22.5. The molecule has 2 aliphatic rings. The predicted molar refractivity (Wildman–Crippen MR) is 141 cm³/mol. The third kappa shape index (κ3) is 9.18. The highest BCUT2D eigenvalue weighted by Gasteiger charge is 2.26. The van der Waals surface area contributed by atoms with Crippen molar-refractivity contribution in [3.8, 4) is 11.5 Å². The van der Waals surface area contributed by atoms with Crippen LogP contribution in [-0.4, -0.2) is 64.3 Å². The van der Waals surface area contributed by atoms with Crippen molar-refractivity contribution in [3.63, 3.8) is 0 Å². The number of benzene rings is 1. The van der Waals surface area contributed by atoms with E-state index in [0.717, 1.165) is 31.7 Å². The zero-order valence-electron chi connectivity index (χ0n) is 20.8. The molecular weight excluding hydrogens is 539 g/mol. The molecule has 13 heteroatoms. The zero-order chi connectivity index (χ0) is 27.5. The Kier molecular flexibility index (Phi) is 11.2. The Morgan fingerprint density at radius 2 is 1.84 bits per heavy atom. The Bertz CT molecular complexity index is 1140. The van der Waals surface area contributed by atoms with Crippen molar-refractivity contribution in [1.29, 1.82) is 0 Å². The minimum Gasteiger partial charge on any atom is -0.506 e. The van der Waals surface area contributed by atoms with Crippen molar-refractivity contribution in [3.05, 3.63) is 52.2 Å². The number of carbonyl (C=O) groups excluding carboxylic acids is 2. The summed E-state index contributed by atoms with van der Waals surface area (Å²) < 4.78 is 22.0. The molecule has 0 bridgehead atoms. The number of ether oxygens (including phenoxy) is 2. The van der Waals surface area contributed by atoms with Gasteiger partial charge in [0.2, 0.25) is 0 Å². The lowest BCUT2D eigenvalue weighted by molar-refractivity contribution is -0.139. The van der Waals surface area contributed by atoms with Crippen LogP contribution >= 0.6 is 19.2 Å². The highest BCUT2D eigenvalue weighted by atomic mass is 35.5. The topological polar surface area (TPSA) is 155 Å². The number of aromatic hydroxyl groups is 1. The van der Waals surface area contributed by atoms with E-state index in [4.69, 9.17) is 25.9 Å². The Labute approximate surface area is 225 Å². The van der Waals surface area contributed by atoms with E-state index in [9.17, 15) is 29.0 Å². The van der Waals surface area contributed by atoms with Crippen molar-refractivity contribution < 1.29 is 43.4 Å². The van der Waals surface area contributed by atoms with Crippen LogP contribution in [0.4, 0.5) is 0 Å². The number of piperidine rings is 1. The van der Waals surface area contributed by atoms with Gasteiger partial charge in [0, 0.05) is 24.7 Å². The molecule has 0 unspecified atom stereocenters. The van der Waals surface area contributed by atoms with Crippen molar-refractivity contribution in [2.45, 2.75) is 38.5 Å². The fourth-order valence-corrected chi connectivity index (χ4v) is 4.38. The molecule has 0 aliphatic carbocycles. The summed E-state index contributed by atoms with van der Waals surface area (Å²) >= 11 is 6.37. The smallest absolute Gasteiger partial charge is 0.362 e. The molecule has 0 spiro atoms. The molecule has 0 saturated carbocycles. The predicted octanol–water partition coefficient (Wildman–Crippen LogP) is 3.89. The average Bonchev–Trinajstić information content (AvgIpc) is 2.88. The lowest BCUT2D eigenvalue weighted by Crippen LogP contribution is -2.39. The number of nitrogens with zero attached hydrogens (tertiary/aromatic N) is 1. The molecule has 2 heterocycles. The van der Waals surface area contributed by atoms with Crippen LogP contribution in [0, 0.1) is 0 Å². The monoisotopic (exact) mass is 570 g/mol. The minimum atomic E-state index is -4.61. The van der Waals surface area contributed by atoms with E-state index in [1.807, 2.05) is 18.2 Å². The van der Waals surface area contributed by atoms with E-state index in [1.54, 1.807) is 11.0 Å². The maximum atomic E-state index is 13.1. The van der Waals surface area contributed by atoms with Crippen LogP contribution in [0.5, 0.6) is 11.5 Å². The number of carbonyl (C=O) groups is 2. The highest BCUT2D eigenvalue weighted by Crippen LogP contribution is 2.41. The van der Waals surface area contributed by atoms with Gasteiger partial charge in [0.05, 0.1) is 17.3 Å². The first-order valence-electron chi connectivity index (χ1n) is 12.2. The molecular formula is C25H32ClN2O9P. The molecule has 1 amide bonds. The van der Waals surface area contributed by atoms with Crippen LogP contribution in [0.25, 0.3) is 6.08 Å². The molecule has 3 rings (SSSR count). The first-order chi connectivity index (χ1) is 18.2. The number of hydrogen-bond acceptors (Lipinski definition) is 8. The molecule has 2 aliphatic heterocycles. The molecule has 0 atom stereocenters. The third-order valence-electron chi connectivity index (χ3n) is 5.71. The summed E-state index contributed by atoms with van der Waals surface area (Å²) in [5, 5.41) is 10.2. The SMILES string of the molecule is O=C1OCCC=CCC/C=C/C(NOCC(=O)N2CCCCC2)=C/c2c(Cl)c(O)cc(OCP(=O)(O)O)c21. The number of phenols is 1. The van der Waals surface area contributed by atoms with Crippen LogP contribution in [0.15, 0.2) is 36.1 Å². The number of amides is 1. The van der Waals surface area contributed by atoms with Crippen molar-refractivity contribution >= 4 is 37.1 Å². The number of phenolic OH excluding ortho intramolecular Hbond substituents is 1. The van der Waals surface area contributed by atoms with E-state index in [-0.39, 0.29) is 41.0 Å². The summed E-state index contributed by atoms with van der Waals surface area (Å²) in [6, 6.07) is 0.992. The molecule has 0 aromatic heterocycles. The third-order valence-corrected chi connectivity index (χ3v) is 6.58. The van der Waals surface area contributed by atoms with Crippen LogP contribution in [-0.2, 0) is 18.9 Å². The number of fused-ring (bicyclic) bond motifs is 1. The van der Waals surface area contributed by atoms with Gasteiger partial charge in [0.1, 0.15) is 17.1 Å². The highest BCUT2D eigenvalue weighted by molar-refractivity contribution is 7.51. The molecule has 0 radical (unpaired) electrons. The van der Waals surface area contributed by atoms with Gasteiger partial charge < -0.3 is 29.3 Å². The quantitative estimate of drug-likeness (QED) is 0.164. The van der Waals surface area contributed by atoms with Crippen molar-refractivity contribution in [2.24, 2.45) is 0 Å². The Morgan fingerprint density at radius 1 is 1.13 bits per heavy atom. The summed E-state index contributed by atoms with van der Waals surface area (Å²) in [5.41, 5.74) is 2.73. The van der Waals surface area contributed by atoms with Crippen LogP contribution in [0.1, 0.15) is 54.4 Å². The van der Waals surface area contributed by atoms with Gasteiger partial charge in [-0.15, -0.1) is 0 Å².